The lowest BCUT2D eigenvalue weighted by Gasteiger charge is -2.19. The summed E-state index contributed by atoms with van der Waals surface area (Å²) in [5.74, 6) is -1.19. The molecule has 0 spiro atoms. The standard InChI is InChI=1S/C40H72O8/c1-3-5-7-8-9-10-11-12-13-14-15-16-17-22-26-39(45)47-32-34(31-41)48-40(46)27-23-19-18-21-25-35-36(38(44)30-37(35)43)29-28-33(42)24-20-6-4-2/h28-29,33-37,41-43H,3-27,30-32H2,1-2H3/b29-28+/t33-,34-,35+,36+,37-/m0/s1. The maximum absolute atomic E-state index is 12.4. The summed E-state index contributed by atoms with van der Waals surface area (Å²) in [6, 6.07) is 0. The molecule has 3 N–H and O–H groups in total. The van der Waals surface area contributed by atoms with E-state index >= 15 is 0 Å². The minimum atomic E-state index is -0.852. The van der Waals surface area contributed by atoms with Crippen molar-refractivity contribution in [3.05, 3.63) is 12.2 Å². The molecule has 0 saturated heterocycles. The number of hydrogen-bond acceptors (Lipinski definition) is 8. The number of rotatable bonds is 32. The molecule has 1 aliphatic rings. The highest BCUT2D eigenvalue weighted by Gasteiger charge is 2.39. The Labute approximate surface area is 292 Å². The molecule has 0 amide bonds. The molecule has 8 nitrogen and oxygen atoms in total. The topological polar surface area (TPSA) is 130 Å². The van der Waals surface area contributed by atoms with Crippen molar-refractivity contribution in [2.24, 2.45) is 11.8 Å². The van der Waals surface area contributed by atoms with Gasteiger partial charge in [0.1, 0.15) is 12.4 Å². The Hall–Kier alpha value is -1.77. The second-order valence-corrected chi connectivity index (χ2v) is 14.2. The maximum Gasteiger partial charge on any atom is 0.306 e. The van der Waals surface area contributed by atoms with Crippen molar-refractivity contribution in [2.45, 2.75) is 199 Å². The third kappa shape index (κ3) is 22.8. The lowest BCUT2D eigenvalue weighted by atomic mass is 9.88. The minimum absolute atomic E-state index is 0.0335. The Morgan fingerprint density at radius 3 is 1.81 bits per heavy atom. The Morgan fingerprint density at radius 2 is 1.25 bits per heavy atom. The number of hydrogen-bond donors (Lipinski definition) is 3. The van der Waals surface area contributed by atoms with Crippen LogP contribution in [0.25, 0.3) is 0 Å². The Kier molecular flexibility index (Phi) is 27.7. The average Bonchev–Trinajstić information content (AvgIpc) is 3.34. The van der Waals surface area contributed by atoms with Crippen molar-refractivity contribution in [3.63, 3.8) is 0 Å². The highest BCUT2D eigenvalue weighted by molar-refractivity contribution is 5.86. The summed E-state index contributed by atoms with van der Waals surface area (Å²) < 4.78 is 10.6. The smallest absolute Gasteiger partial charge is 0.306 e. The Bertz CT molecular complexity index is 843. The second-order valence-electron chi connectivity index (χ2n) is 14.2. The van der Waals surface area contributed by atoms with Crippen LogP contribution in [0.4, 0.5) is 0 Å². The summed E-state index contributed by atoms with van der Waals surface area (Å²) in [6.07, 6.45) is 27.4. The van der Waals surface area contributed by atoms with Crippen molar-refractivity contribution >= 4 is 17.7 Å². The molecular formula is C40H72O8. The van der Waals surface area contributed by atoms with Gasteiger partial charge in [-0.2, -0.15) is 0 Å². The number of carbonyl (C=O) groups excluding carboxylic acids is 3. The van der Waals surface area contributed by atoms with Gasteiger partial charge < -0.3 is 24.8 Å². The fraction of sp³-hybridized carbons (Fsp3) is 0.875. The number of allylic oxidation sites excluding steroid dienone is 1. The predicted octanol–water partition coefficient (Wildman–Crippen LogP) is 8.71. The zero-order valence-corrected chi connectivity index (χ0v) is 30.7. The van der Waals surface area contributed by atoms with Crippen LogP contribution in [0.2, 0.25) is 0 Å². The van der Waals surface area contributed by atoms with E-state index in [0.29, 0.717) is 19.3 Å². The summed E-state index contributed by atoms with van der Waals surface area (Å²) >= 11 is 0. The van der Waals surface area contributed by atoms with E-state index in [2.05, 4.69) is 13.8 Å². The molecule has 0 aliphatic heterocycles. The monoisotopic (exact) mass is 681 g/mol. The van der Waals surface area contributed by atoms with Crippen LogP contribution in [0.3, 0.4) is 0 Å². The molecule has 48 heavy (non-hydrogen) atoms. The number of aliphatic hydroxyl groups is 3. The zero-order chi connectivity index (χ0) is 35.2. The van der Waals surface area contributed by atoms with Crippen LogP contribution >= 0.6 is 0 Å². The van der Waals surface area contributed by atoms with E-state index in [1.54, 1.807) is 12.2 Å². The summed E-state index contributed by atoms with van der Waals surface area (Å²) in [5, 5.41) is 30.2. The van der Waals surface area contributed by atoms with Gasteiger partial charge in [-0.05, 0) is 31.6 Å². The average molecular weight is 681 g/mol. The van der Waals surface area contributed by atoms with E-state index in [0.717, 1.165) is 64.2 Å². The van der Waals surface area contributed by atoms with E-state index in [1.807, 2.05) is 0 Å². The number of carbonyl (C=O) groups is 3. The van der Waals surface area contributed by atoms with Crippen LogP contribution in [-0.2, 0) is 23.9 Å². The largest absolute Gasteiger partial charge is 0.462 e. The third-order valence-electron chi connectivity index (χ3n) is 9.72. The summed E-state index contributed by atoms with van der Waals surface area (Å²) in [7, 11) is 0. The number of esters is 2. The Balaban J connectivity index is 2.09. The normalized spacial score (nSPS) is 19.2. The summed E-state index contributed by atoms with van der Waals surface area (Å²) in [5.41, 5.74) is 0. The van der Waals surface area contributed by atoms with E-state index in [9.17, 15) is 29.7 Å². The SMILES string of the molecule is CCCCCCCCCCCCCCCCC(=O)OC[C@H](CO)OC(=O)CCCCCC[C@H]1[C@@H](O)CC(=O)[C@@H]1/C=C/[C@@H](O)CCCCC. The molecule has 0 aromatic rings. The van der Waals surface area contributed by atoms with Gasteiger partial charge in [0, 0.05) is 25.2 Å². The van der Waals surface area contributed by atoms with Crippen LogP contribution in [0.15, 0.2) is 12.2 Å². The highest BCUT2D eigenvalue weighted by atomic mass is 16.6. The molecule has 0 heterocycles. The molecule has 0 bridgehead atoms. The molecule has 1 aliphatic carbocycles. The molecular weight excluding hydrogens is 608 g/mol. The number of ether oxygens (including phenoxy) is 2. The van der Waals surface area contributed by atoms with Gasteiger partial charge >= 0.3 is 11.9 Å². The molecule has 1 saturated carbocycles. The van der Waals surface area contributed by atoms with Crippen LogP contribution in [-0.4, -0.2) is 64.6 Å². The molecule has 0 unspecified atom stereocenters. The van der Waals surface area contributed by atoms with Crippen LogP contribution in [0, 0.1) is 11.8 Å². The van der Waals surface area contributed by atoms with Gasteiger partial charge in [-0.25, -0.2) is 0 Å². The van der Waals surface area contributed by atoms with Gasteiger partial charge in [0.15, 0.2) is 6.10 Å². The van der Waals surface area contributed by atoms with Crippen LogP contribution < -0.4 is 0 Å². The maximum atomic E-state index is 12.4. The number of aliphatic hydroxyl groups excluding tert-OH is 3. The quantitative estimate of drug-likeness (QED) is 0.0365. The molecule has 8 heteroatoms. The van der Waals surface area contributed by atoms with Gasteiger partial charge in [0.25, 0.3) is 0 Å². The lowest BCUT2D eigenvalue weighted by molar-refractivity contribution is -0.161. The van der Waals surface area contributed by atoms with Gasteiger partial charge in [-0.3, -0.25) is 14.4 Å². The first-order valence-corrected chi connectivity index (χ1v) is 19.8. The summed E-state index contributed by atoms with van der Waals surface area (Å²) in [6.45, 7) is 3.84. The van der Waals surface area contributed by atoms with Gasteiger partial charge in [0.05, 0.1) is 18.8 Å². The lowest BCUT2D eigenvalue weighted by Crippen LogP contribution is -2.28. The molecule has 5 atom stereocenters. The van der Waals surface area contributed by atoms with Crippen molar-refractivity contribution in [1.82, 2.24) is 0 Å². The van der Waals surface area contributed by atoms with Crippen molar-refractivity contribution in [3.8, 4) is 0 Å². The molecule has 0 radical (unpaired) electrons. The number of ketones is 1. The van der Waals surface area contributed by atoms with Gasteiger partial charge in [-0.15, -0.1) is 0 Å². The van der Waals surface area contributed by atoms with Gasteiger partial charge in [-0.1, -0.05) is 148 Å². The minimum Gasteiger partial charge on any atom is -0.462 e. The molecule has 280 valence electrons. The predicted molar refractivity (Wildman–Crippen MR) is 192 cm³/mol. The first-order chi connectivity index (χ1) is 23.3. The molecule has 0 aromatic heterocycles. The van der Waals surface area contributed by atoms with Crippen LogP contribution in [0.5, 0.6) is 0 Å². The molecule has 1 rings (SSSR count). The fourth-order valence-electron chi connectivity index (χ4n) is 6.64. The van der Waals surface area contributed by atoms with E-state index in [-0.39, 0.29) is 43.0 Å². The van der Waals surface area contributed by atoms with E-state index in [1.165, 1.54) is 70.6 Å². The third-order valence-corrected chi connectivity index (χ3v) is 9.72. The summed E-state index contributed by atoms with van der Waals surface area (Å²) in [4.78, 5) is 36.8. The molecule has 1 fully saturated rings. The van der Waals surface area contributed by atoms with Crippen LogP contribution in [0.1, 0.15) is 181 Å². The first-order valence-electron chi connectivity index (χ1n) is 19.8. The van der Waals surface area contributed by atoms with E-state index in [4.69, 9.17) is 9.47 Å². The number of Topliss-reactive ketones (excluding diaryl/α,β-unsaturated/α-hetero) is 1. The molecule has 0 aromatic carbocycles. The second kappa shape index (κ2) is 30.1. The number of unbranched alkanes of at least 4 members (excludes halogenated alkanes) is 18. The van der Waals surface area contributed by atoms with E-state index < -0.39 is 30.9 Å². The van der Waals surface area contributed by atoms with Gasteiger partial charge in [0.2, 0.25) is 0 Å². The Morgan fingerprint density at radius 1 is 0.750 bits per heavy atom. The first kappa shape index (κ1) is 44.3. The fourth-order valence-corrected chi connectivity index (χ4v) is 6.64. The van der Waals surface area contributed by atoms with Crippen molar-refractivity contribution in [2.75, 3.05) is 13.2 Å². The highest BCUT2D eigenvalue weighted by Crippen LogP contribution is 2.34. The van der Waals surface area contributed by atoms with Crippen molar-refractivity contribution < 1.29 is 39.2 Å². The zero-order valence-electron chi connectivity index (χ0n) is 30.7. The van der Waals surface area contributed by atoms with Crippen molar-refractivity contribution in [1.29, 1.82) is 0 Å².